The van der Waals surface area contributed by atoms with Crippen LogP contribution in [0.4, 0.5) is 4.79 Å². The van der Waals surface area contributed by atoms with Crippen molar-refractivity contribution in [2.24, 2.45) is 0 Å². The van der Waals surface area contributed by atoms with Gasteiger partial charge in [-0.15, -0.1) is 0 Å². The summed E-state index contributed by atoms with van der Waals surface area (Å²) in [5.41, 5.74) is 6.86. The van der Waals surface area contributed by atoms with Crippen LogP contribution >= 0.6 is 0 Å². The third-order valence-electron chi connectivity index (χ3n) is 5.58. The minimum atomic E-state index is -1.00. The van der Waals surface area contributed by atoms with Crippen LogP contribution < -0.4 is 10.1 Å². The first-order valence-corrected chi connectivity index (χ1v) is 10.8. The zero-order valence-corrected chi connectivity index (χ0v) is 19.2. The van der Waals surface area contributed by atoms with E-state index in [1.54, 1.807) is 7.11 Å². The van der Waals surface area contributed by atoms with E-state index in [1.807, 2.05) is 37.3 Å². The van der Waals surface area contributed by atoms with Gasteiger partial charge < -0.3 is 24.5 Å². The van der Waals surface area contributed by atoms with Gasteiger partial charge in [-0.3, -0.25) is 0 Å². The van der Waals surface area contributed by atoms with Crippen molar-refractivity contribution < 1.29 is 19.4 Å². The zero-order chi connectivity index (χ0) is 23.1. The lowest BCUT2D eigenvalue weighted by atomic mass is 9.96. The number of ether oxygens (including phenoxy) is 2. The van der Waals surface area contributed by atoms with Crippen LogP contribution in [0.2, 0.25) is 0 Å². The predicted molar refractivity (Wildman–Crippen MR) is 126 cm³/mol. The quantitative estimate of drug-likeness (QED) is 0.436. The largest absolute Gasteiger partial charge is 0.497 e. The van der Waals surface area contributed by atoms with Crippen LogP contribution in [-0.2, 0) is 24.2 Å². The molecule has 170 valence electrons. The number of aryl methyl sites for hydroxylation is 2. The summed E-state index contributed by atoms with van der Waals surface area (Å²) >= 11 is 0. The smallest absolute Gasteiger partial charge is 0.404 e. The molecule has 0 bridgehead atoms. The number of benzene rings is 2. The number of nitrogens with one attached hydrogen (secondary N) is 1. The zero-order valence-electron chi connectivity index (χ0n) is 19.2. The van der Waals surface area contributed by atoms with Crippen molar-refractivity contribution in [2.75, 3.05) is 13.7 Å². The van der Waals surface area contributed by atoms with Crippen molar-refractivity contribution >= 4 is 6.09 Å². The number of carbonyl (C=O) groups is 1. The summed E-state index contributed by atoms with van der Waals surface area (Å²) in [6.07, 6.45) is 0.348. The lowest BCUT2D eigenvalue weighted by molar-refractivity contribution is 0.123. The molecule has 1 atom stereocenters. The molecule has 32 heavy (non-hydrogen) atoms. The Bertz CT molecular complexity index is 1020. The SMILES string of the molecule is COc1ccc(COCCc2c(C[C@@H](C)NC(=O)O)cccc2-n2c(C)ccc2C)cc1. The molecule has 0 aliphatic carbocycles. The maximum absolute atomic E-state index is 11.1. The lowest BCUT2D eigenvalue weighted by Crippen LogP contribution is -2.33. The number of nitrogens with zero attached hydrogens (tertiary/aromatic N) is 1. The minimum Gasteiger partial charge on any atom is -0.497 e. The molecule has 1 heterocycles. The van der Waals surface area contributed by atoms with Gasteiger partial charge in [0.2, 0.25) is 0 Å². The number of hydrogen-bond donors (Lipinski definition) is 2. The Morgan fingerprint density at radius 1 is 1.06 bits per heavy atom. The molecule has 0 saturated heterocycles. The maximum Gasteiger partial charge on any atom is 0.404 e. The molecule has 0 aliphatic rings. The number of carboxylic acid groups (broad SMARTS) is 1. The van der Waals surface area contributed by atoms with Crippen LogP contribution in [0.15, 0.2) is 54.6 Å². The maximum atomic E-state index is 11.1. The van der Waals surface area contributed by atoms with Gasteiger partial charge in [0, 0.05) is 23.1 Å². The van der Waals surface area contributed by atoms with Gasteiger partial charge in [0.15, 0.2) is 0 Å². The first kappa shape index (κ1) is 23.4. The molecule has 0 radical (unpaired) electrons. The second-order valence-corrected chi connectivity index (χ2v) is 8.07. The molecule has 0 fully saturated rings. The van der Waals surface area contributed by atoms with E-state index in [4.69, 9.17) is 14.6 Å². The van der Waals surface area contributed by atoms with Gasteiger partial charge in [-0.2, -0.15) is 0 Å². The second-order valence-electron chi connectivity index (χ2n) is 8.07. The van der Waals surface area contributed by atoms with Crippen LogP contribution in [0, 0.1) is 13.8 Å². The molecular weight excluding hydrogens is 404 g/mol. The molecular formula is C26H32N2O4. The van der Waals surface area contributed by atoms with E-state index < -0.39 is 6.09 Å². The summed E-state index contributed by atoms with van der Waals surface area (Å²) in [7, 11) is 1.65. The topological polar surface area (TPSA) is 72.7 Å². The third-order valence-corrected chi connectivity index (χ3v) is 5.58. The van der Waals surface area contributed by atoms with Crippen molar-refractivity contribution in [3.63, 3.8) is 0 Å². The van der Waals surface area contributed by atoms with Crippen LogP contribution in [0.25, 0.3) is 5.69 Å². The van der Waals surface area contributed by atoms with Gasteiger partial charge >= 0.3 is 6.09 Å². The minimum absolute atomic E-state index is 0.187. The van der Waals surface area contributed by atoms with E-state index in [2.05, 4.69) is 48.0 Å². The molecule has 2 aromatic carbocycles. The van der Waals surface area contributed by atoms with E-state index in [0.29, 0.717) is 19.6 Å². The number of methoxy groups -OCH3 is 1. The van der Waals surface area contributed by atoms with Gasteiger partial charge in [-0.1, -0.05) is 24.3 Å². The fraction of sp³-hybridized carbons (Fsp3) is 0.346. The Kier molecular flexibility index (Phi) is 7.95. The number of hydrogen-bond acceptors (Lipinski definition) is 3. The van der Waals surface area contributed by atoms with Crippen LogP contribution in [-0.4, -0.2) is 35.5 Å². The highest BCUT2D eigenvalue weighted by atomic mass is 16.5. The third kappa shape index (κ3) is 5.92. The molecule has 0 spiro atoms. The monoisotopic (exact) mass is 436 g/mol. The van der Waals surface area contributed by atoms with Gasteiger partial charge in [-0.25, -0.2) is 4.79 Å². The van der Waals surface area contributed by atoms with E-state index in [9.17, 15) is 4.79 Å². The number of amides is 1. The van der Waals surface area contributed by atoms with Crippen molar-refractivity contribution in [2.45, 2.75) is 46.3 Å². The fourth-order valence-corrected chi connectivity index (χ4v) is 4.04. The number of rotatable bonds is 10. The Hall–Kier alpha value is -3.25. The first-order chi connectivity index (χ1) is 15.4. The van der Waals surface area contributed by atoms with Crippen molar-refractivity contribution in [1.82, 2.24) is 9.88 Å². The molecule has 3 aromatic rings. The van der Waals surface area contributed by atoms with E-state index >= 15 is 0 Å². The summed E-state index contributed by atoms with van der Waals surface area (Å²) in [6, 6.07) is 18.1. The highest BCUT2D eigenvalue weighted by molar-refractivity contribution is 5.64. The Morgan fingerprint density at radius 2 is 1.75 bits per heavy atom. The Morgan fingerprint density at radius 3 is 2.38 bits per heavy atom. The fourth-order valence-electron chi connectivity index (χ4n) is 4.04. The Balaban J connectivity index is 1.79. The number of aromatic nitrogens is 1. The van der Waals surface area contributed by atoms with Gasteiger partial charge in [0.1, 0.15) is 5.75 Å². The van der Waals surface area contributed by atoms with E-state index in [1.165, 1.54) is 5.56 Å². The normalized spacial score (nSPS) is 11.9. The molecule has 0 saturated carbocycles. The van der Waals surface area contributed by atoms with Gasteiger partial charge in [0.25, 0.3) is 0 Å². The Labute approximate surface area is 189 Å². The highest BCUT2D eigenvalue weighted by Crippen LogP contribution is 2.25. The molecule has 0 unspecified atom stereocenters. The van der Waals surface area contributed by atoms with Gasteiger partial charge in [-0.05, 0) is 80.6 Å². The summed E-state index contributed by atoms with van der Waals surface area (Å²) in [6.45, 7) is 7.17. The summed E-state index contributed by atoms with van der Waals surface area (Å²) in [4.78, 5) is 11.1. The van der Waals surface area contributed by atoms with Gasteiger partial charge in [0.05, 0.1) is 20.3 Å². The summed E-state index contributed by atoms with van der Waals surface area (Å²) in [5.74, 6) is 0.828. The molecule has 0 aliphatic heterocycles. The molecule has 3 rings (SSSR count). The summed E-state index contributed by atoms with van der Waals surface area (Å²) < 4.78 is 13.4. The van der Waals surface area contributed by atoms with Crippen LogP contribution in [0.1, 0.15) is 35.0 Å². The predicted octanol–water partition coefficient (Wildman–Crippen LogP) is 5.06. The van der Waals surface area contributed by atoms with Crippen LogP contribution in [0.5, 0.6) is 5.75 Å². The van der Waals surface area contributed by atoms with E-state index in [0.717, 1.165) is 40.4 Å². The summed E-state index contributed by atoms with van der Waals surface area (Å²) in [5, 5.41) is 11.6. The molecule has 2 N–H and O–H groups in total. The molecule has 1 amide bonds. The highest BCUT2D eigenvalue weighted by Gasteiger charge is 2.16. The molecule has 6 nitrogen and oxygen atoms in total. The average Bonchev–Trinajstić information content (AvgIpc) is 3.09. The van der Waals surface area contributed by atoms with E-state index in [-0.39, 0.29) is 6.04 Å². The van der Waals surface area contributed by atoms with Crippen molar-refractivity contribution in [1.29, 1.82) is 0 Å². The van der Waals surface area contributed by atoms with Crippen LogP contribution in [0.3, 0.4) is 0 Å². The molecule has 1 aromatic heterocycles. The first-order valence-electron chi connectivity index (χ1n) is 10.8. The average molecular weight is 437 g/mol. The van der Waals surface area contributed by atoms with Crippen molar-refractivity contribution in [3.05, 3.63) is 82.7 Å². The molecule has 6 heteroatoms. The lowest BCUT2D eigenvalue weighted by Gasteiger charge is -2.20. The standard InChI is InChI=1S/C26H32N2O4/c1-18(27-26(29)30)16-22-6-5-7-25(28-19(2)8-9-20(28)3)24(22)14-15-32-17-21-10-12-23(31-4)13-11-21/h5-13,18,27H,14-17H2,1-4H3,(H,29,30)/t18-/m1/s1. The van der Waals surface area contributed by atoms with Crippen molar-refractivity contribution in [3.8, 4) is 11.4 Å². The second kappa shape index (κ2) is 10.9.